The Hall–Kier alpha value is -1.55. The first-order chi connectivity index (χ1) is 8.16. The van der Waals surface area contributed by atoms with E-state index in [4.69, 9.17) is 9.15 Å². The Morgan fingerprint density at radius 3 is 2.88 bits per heavy atom. The van der Waals surface area contributed by atoms with E-state index in [0.717, 1.165) is 10.0 Å². The minimum Gasteiger partial charge on any atom is -0.485 e. The van der Waals surface area contributed by atoms with Crippen LogP contribution in [-0.2, 0) is 0 Å². The van der Waals surface area contributed by atoms with Crippen LogP contribution in [0.25, 0.3) is 0 Å². The highest BCUT2D eigenvalue weighted by Crippen LogP contribution is 2.22. The molecule has 0 saturated heterocycles. The molecule has 0 bridgehead atoms. The monoisotopic (exact) mass is 294 g/mol. The number of furan rings is 1. The standard InChI is InChI=1S/C13H11BrO3/c1-9-7-10(14)4-5-12(9)17-8-11(15)13-3-2-6-16-13/h2-7H,8H2,1H3. The predicted octanol–water partition coefficient (Wildman–Crippen LogP) is 3.61. The van der Waals surface area contributed by atoms with Gasteiger partial charge in [-0.15, -0.1) is 0 Å². The number of ketones is 1. The van der Waals surface area contributed by atoms with Crippen molar-refractivity contribution in [2.75, 3.05) is 6.61 Å². The molecule has 0 radical (unpaired) electrons. The number of Topliss-reactive ketones (excluding diaryl/α,β-unsaturated/α-hetero) is 1. The average Bonchev–Trinajstić information content (AvgIpc) is 2.81. The Labute approximate surface area is 108 Å². The molecular weight excluding hydrogens is 284 g/mol. The molecule has 0 aliphatic heterocycles. The van der Waals surface area contributed by atoms with Crippen molar-refractivity contribution >= 4 is 21.7 Å². The Morgan fingerprint density at radius 2 is 2.24 bits per heavy atom. The van der Waals surface area contributed by atoms with Gasteiger partial charge in [-0.2, -0.15) is 0 Å². The highest BCUT2D eigenvalue weighted by molar-refractivity contribution is 9.10. The minimum absolute atomic E-state index is 0.0179. The largest absolute Gasteiger partial charge is 0.485 e. The molecule has 2 rings (SSSR count). The molecular formula is C13H11BrO3. The third kappa shape index (κ3) is 2.97. The van der Waals surface area contributed by atoms with Crippen molar-refractivity contribution < 1.29 is 13.9 Å². The summed E-state index contributed by atoms with van der Waals surface area (Å²) in [5, 5.41) is 0. The molecule has 0 fully saturated rings. The molecule has 0 unspecified atom stereocenters. The summed E-state index contributed by atoms with van der Waals surface area (Å²) in [7, 11) is 0. The van der Waals surface area contributed by atoms with Crippen LogP contribution in [0.4, 0.5) is 0 Å². The third-order valence-corrected chi connectivity index (χ3v) is 2.78. The fraction of sp³-hybridized carbons (Fsp3) is 0.154. The molecule has 0 aliphatic carbocycles. The molecule has 88 valence electrons. The van der Waals surface area contributed by atoms with Crippen molar-refractivity contribution in [3.8, 4) is 5.75 Å². The molecule has 0 atom stereocenters. The lowest BCUT2D eigenvalue weighted by Crippen LogP contribution is -2.11. The van der Waals surface area contributed by atoms with E-state index in [1.54, 1.807) is 12.1 Å². The van der Waals surface area contributed by atoms with E-state index < -0.39 is 0 Å². The third-order valence-electron chi connectivity index (χ3n) is 2.29. The molecule has 17 heavy (non-hydrogen) atoms. The molecule has 2 aromatic rings. The lowest BCUT2D eigenvalue weighted by atomic mass is 10.2. The minimum atomic E-state index is -0.169. The summed E-state index contributed by atoms with van der Waals surface area (Å²) in [6, 6.07) is 8.94. The summed E-state index contributed by atoms with van der Waals surface area (Å²) in [5.41, 5.74) is 0.978. The van der Waals surface area contributed by atoms with Crippen LogP contribution in [0.1, 0.15) is 16.1 Å². The van der Waals surface area contributed by atoms with Crippen molar-refractivity contribution in [3.63, 3.8) is 0 Å². The summed E-state index contributed by atoms with van der Waals surface area (Å²) in [6.07, 6.45) is 1.47. The number of hydrogen-bond donors (Lipinski definition) is 0. The Kier molecular flexibility index (Phi) is 3.64. The fourth-order valence-electron chi connectivity index (χ4n) is 1.43. The van der Waals surface area contributed by atoms with Crippen molar-refractivity contribution in [1.82, 2.24) is 0 Å². The zero-order valence-corrected chi connectivity index (χ0v) is 10.9. The second kappa shape index (κ2) is 5.19. The molecule has 0 saturated carbocycles. The highest BCUT2D eigenvalue weighted by atomic mass is 79.9. The van der Waals surface area contributed by atoms with Gasteiger partial charge in [-0.1, -0.05) is 15.9 Å². The number of aryl methyl sites for hydroxylation is 1. The topological polar surface area (TPSA) is 39.4 Å². The van der Waals surface area contributed by atoms with Crippen LogP contribution >= 0.6 is 15.9 Å². The van der Waals surface area contributed by atoms with Crippen LogP contribution in [0.3, 0.4) is 0 Å². The van der Waals surface area contributed by atoms with E-state index >= 15 is 0 Å². The van der Waals surface area contributed by atoms with Crippen molar-refractivity contribution in [3.05, 3.63) is 52.4 Å². The normalized spacial score (nSPS) is 10.2. The van der Waals surface area contributed by atoms with Crippen LogP contribution < -0.4 is 4.74 Å². The van der Waals surface area contributed by atoms with Gasteiger partial charge >= 0.3 is 0 Å². The molecule has 1 aromatic carbocycles. The van der Waals surface area contributed by atoms with Gasteiger partial charge in [-0.05, 0) is 42.8 Å². The molecule has 1 heterocycles. The summed E-state index contributed by atoms with van der Waals surface area (Å²) in [6.45, 7) is 1.91. The van der Waals surface area contributed by atoms with Crippen molar-refractivity contribution in [2.24, 2.45) is 0 Å². The zero-order chi connectivity index (χ0) is 12.3. The average molecular weight is 295 g/mol. The number of carbonyl (C=O) groups is 1. The van der Waals surface area contributed by atoms with Gasteiger partial charge in [0.25, 0.3) is 0 Å². The van der Waals surface area contributed by atoms with Gasteiger partial charge in [-0.25, -0.2) is 0 Å². The van der Waals surface area contributed by atoms with E-state index in [2.05, 4.69) is 15.9 Å². The maximum absolute atomic E-state index is 11.6. The van der Waals surface area contributed by atoms with Gasteiger partial charge in [0, 0.05) is 4.47 Å². The van der Waals surface area contributed by atoms with Gasteiger partial charge in [-0.3, -0.25) is 4.79 Å². The fourth-order valence-corrected chi connectivity index (χ4v) is 1.90. The molecule has 1 aromatic heterocycles. The lowest BCUT2D eigenvalue weighted by Gasteiger charge is -2.07. The zero-order valence-electron chi connectivity index (χ0n) is 9.27. The molecule has 4 heteroatoms. The first-order valence-electron chi connectivity index (χ1n) is 5.12. The number of benzene rings is 1. The molecule has 0 amide bonds. The van der Waals surface area contributed by atoms with E-state index in [-0.39, 0.29) is 12.4 Å². The van der Waals surface area contributed by atoms with Gasteiger partial charge in [0.05, 0.1) is 6.26 Å². The van der Waals surface area contributed by atoms with Gasteiger partial charge in [0.1, 0.15) is 5.75 Å². The van der Waals surface area contributed by atoms with Crippen molar-refractivity contribution in [1.29, 1.82) is 0 Å². The lowest BCUT2D eigenvalue weighted by molar-refractivity contribution is 0.0893. The van der Waals surface area contributed by atoms with Crippen LogP contribution in [-0.4, -0.2) is 12.4 Å². The number of ether oxygens (including phenoxy) is 1. The van der Waals surface area contributed by atoms with E-state index in [0.29, 0.717) is 11.5 Å². The molecule has 3 nitrogen and oxygen atoms in total. The van der Waals surface area contributed by atoms with Crippen molar-refractivity contribution in [2.45, 2.75) is 6.92 Å². The summed E-state index contributed by atoms with van der Waals surface area (Å²) in [4.78, 5) is 11.6. The quantitative estimate of drug-likeness (QED) is 0.809. The first kappa shape index (κ1) is 11.9. The summed E-state index contributed by atoms with van der Waals surface area (Å²) in [5.74, 6) is 0.852. The van der Waals surface area contributed by atoms with Gasteiger partial charge < -0.3 is 9.15 Å². The number of hydrogen-bond acceptors (Lipinski definition) is 3. The summed E-state index contributed by atoms with van der Waals surface area (Å²) >= 11 is 3.37. The van der Waals surface area contributed by atoms with Crippen LogP contribution in [0, 0.1) is 6.92 Å². The van der Waals surface area contributed by atoms with Gasteiger partial charge in [0.15, 0.2) is 12.4 Å². The van der Waals surface area contributed by atoms with E-state index in [1.165, 1.54) is 6.26 Å². The Bertz CT molecular complexity index is 517. The highest BCUT2D eigenvalue weighted by Gasteiger charge is 2.10. The molecule has 0 spiro atoms. The Balaban J connectivity index is 2.01. The SMILES string of the molecule is Cc1cc(Br)ccc1OCC(=O)c1ccco1. The smallest absolute Gasteiger partial charge is 0.235 e. The van der Waals surface area contributed by atoms with Gasteiger partial charge in [0.2, 0.25) is 5.78 Å². The van der Waals surface area contributed by atoms with E-state index in [1.807, 2.05) is 25.1 Å². The predicted molar refractivity (Wildman–Crippen MR) is 67.4 cm³/mol. The first-order valence-corrected chi connectivity index (χ1v) is 5.92. The number of carbonyl (C=O) groups excluding carboxylic acids is 1. The maximum atomic E-state index is 11.6. The maximum Gasteiger partial charge on any atom is 0.235 e. The Morgan fingerprint density at radius 1 is 1.41 bits per heavy atom. The molecule has 0 aliphatic rings. The second-order valence-corrected chi connectivity index (χ2v) is 4.51. The molecule has 0 N–H and O–H groups in total. The van der Waals surface area contributed by atoms with Crippen LogP contribution in [0.5, 0.6) is 5.75 Å². The van der Waals surface area contributed by atoms with Crippen LogP contribution in [0.2, 0.25) is 0 Å². The van der Waals surface area contributed by atoms with Crippen LogP contribution in [0.15, 0.2) is 45.5 Å². The van der Waals surface area contributed by atoms with E-state index in [9.17, 15) is 4.79 Å². The second-order valence-electron chi connectivity index (χ2n) is 3.60. The number of rotatable bonds is 4. The number of halogens is 1. The summed E-state index contributed by atoms with van der Waals surface area (Å²) < 4.78 is 11.4.